The molecule has 5 aromatic carbocycles. The average molecular weight is 631 g/mol. The van der Waals surface area contributed by atoms with Gasteiger partial charge in [-0.2, -0.15) is 0 Å². The van der Waals surface area contributed by atoms with E-state index in [1.807, 2.05) is 104 Å². The monoisotopic (exact) mass is 630 g/mol. The molecular weight excluding hydrogens is 593 g/mol. The molecule has 6 heteroatoms. The van der Waals surface area contributed by atoms with Gasteiger partial charge in [0.05, 0.1) is 17.6 Å². The normalized spacial score (nSPS) is 11.7. The van der Waals surface area contributed by atoms with E-state index in [-0.39, 0.29) is 11.0 Å². The first-order chi connectivity index (χ1) is 22.4. The summed E-state index contributed by atoms with van der Waals surface area (Å²) in [5.74, 6) is 4.49. The number of rotatable bonds is 14. The molecule has 5 nitrogen and oxygen atoms in total. The van der Waals surface area contributed by atoms with Crippen molar-refractivity contribution in [3.05, 3.63) is 161 Å². The lowest BCUT2D eigenvalue weighted by molar-refractivity contribution is 0.0386. The molecule has 5 rings (SSSR count). The largest absolute Gasteiger partial charge is 0.489 e. The summed E-state index contributed by atoms with van der Waals surface area (Å²) in [6.07, 6.45) is 1.47. The smallest absolute Gasteiger partial charge is 0.245 e. The maximum Gasteiger partial charge on any atom is 0.245 e. The summed E-state index contributed by atoms with van der Waals surface area (Å²) in [4.78, 5) is 0.201. The summed E-state index contributed by atoms with van der Waals surface area (Å²) in [5, 5.41) is 2.50. The Morgan fingerprint density at radius 2 is 1.09 bits per heavy atom. The van der Waals surface area contributed by atoms with Crippen LogP contribution in [-0.2, 0) is 40.8 Å². The molecule has 5 aromatic rings. The highest BCUT2D eigenvalue weighted by Gasteiger charge is 2.13. The Morgan fingerprint density at radius 3 is 1.63 bits per heavy atom. The average Bonchev–Trinajstić information content (AvgIpc) is 3.09. The highest BCUT2D eigenvalue weighted by Crippen LogP contribution is 2.20. The van der Waals surface area contributed by atoms with Crippen LogP contribution in [0.5, 0.6) is 11.5 Å². The topological polar surface area (TPSA) is 61.8 Å². The summed E-state index contributed by atoms with van der Waals surface area (Å²) >= 11 is 0. The lowest BCUT2D eigenvalue weighted by Crippen LogP contribution is -2.14. The van der Waals surface area contributed by atoms with Gasteiger partial charge in [-0.15, -0.1) is 0 Å². The van der Waals surface area contributed by atoms with Crippen molar-refractivity contribution in [1.82, 2.24) is 0 Å². The van der Waals surface area contributed by atoms with Crippen LogP contribution in [0.25, 0.3) is 0 Å². The van der Waals surface area contributed by atoms with Crippen molar-refractivity contribution < 1.29 is 22.6 Å². The van der Waals surface area contributed by atoms with Crippen LogP contribution in [0.3, 0.4) is 0 Å². The predicted molar refractivity (Wildman–Crippen MR) is 182 cm³/mol. The summed E-state index contributed by atoms with van der Waals surface area (Å²) in [6, 6.07) is 42.7. The fourth-order valence-electron chi connectivity index (χ4n) is 4.73. The van der Waals surface area contributed by atoms with Crippen LogP contribution in [0.15, 0.2) is 138 Å². The van der Waals surface area contributed by atoms with Crippen LogP contribution in [0.1, 0.15) is 40.7 Å². The second-order valence-corrected chi connectivity index (χ2v) is 12.8. The summed E-state index contributed by atoms with van der Waals surface area (Å²) in [5.41, 5.74) is 5.36. The summed E-state index contributed by atoms with van der Waals surface area (Å²) in [6.45, 7) is 3.31. The van der Waals surface area contributed by atoms with Gasteiger partial charge in [-0.3, -0.25) is 0 Å². The molecule has 0 spiro atoms. The molecule has 0 saturated heterocycles. The molecule has 234 valence electrons. The molecule has 0 aliphatic rings. The molecule has 0 aromatic heterocycles. The van der Waals surface area contributed by atoms with E-state index in [4.69, 9.17) is 14.2 Å². The Hall–Kier alpha value is -4.83. The van der Waals surface area contributed by atoms with Gasteiger partial charge < -0.3 is 14.2 Å². The standard InChI is InChI=1S/C40H38O5S/c1-32-14-26-40(27-15-32)46(41,42)28-8-13-37(21-16-33-17-22-38(23-18-33)44-29-34-9-4-2-5-10-34)43-31-36-19-24-39(25-20-36)45-30-35-11-6-3-7-12-35/h2-7,9-12,14-15,17-20,22-27,37H,13,16,21,29-31H2,1H3/t37-/m1/s1. The van der Waals surface area contributed by atoms with E-state index in [1.165, 1.54) is 0 Å². The van der Waals surface area contributed by atoms with Crippen LogP contribution in [-0.4, -0.2) is 14.5 Å². The van der Waals surface area contributed by atoms with Gasteiger partial charge in [-0.1, -0.05) is 109 Å². The van der Waals surface area contributed by atoms with Crippen LogP contribution in [0.4, 0.5) is 0 Å². The van der Waals surface area contributed by atoms with Crippen molar-refractivity contribution in [3.63, 3.8) is 0 Å². The molecule has 1 atom stereocenters. The quantitative estimate of drug-likeness (QED) is 0.0910. The fraction of sp³-hybridized carbons (Fsp3) is 0.200. The number of hydrogen-bond acceptors (Lipinski definition) is 5. The van der Waals surface area contributed by atoms with E-state index < -0.39 is 9.84 Å². The minimum atomic E-state index is -3.71. The van der Waals surface area contributed by atoms with Crippen molar-refractivity contribution >= 4 is 9.84 Å². The molecule has 0 amide bonds. The summed E-state index contributed by atoms with van der Waals surface area (Å²) < 4.78 is 43.7. The van der Waals surface area contributed by atoms with Gasteiger partial charge in [-0.25, -0.2) is 8.42 Å². The molecule has 0 aliphatic heterocycles. The third-order valence-electron chi connectivity index (χ3n) is 7.45. The number of ether oxygens (including phenoxy) is 3. The van der Waals surface area contributed by atoms with E-state index in [1.54, 1.807) is 24.3 Å². The van der Waals surface area contributed by atoms with Crippen molar-refractivity contribution in [2.24, 2.45) is 0 Å². The summed E-state index contributed by atoms with van der Waals surface area (Å²) in [7, 11) is -3.71. The molecule has 0 fully saturated rings. The molecular formula is C40H38O5S. The molecule has 0 N–H and O–H groups in total. The van der Waals surface area contributed by atoms with E-state index in [9.17, 15) is 8.42 Å². The van der Waals surface area contributed by atoms with Gasteiger partial charge in [0, 0.05) is 11.7 Å². The fourth-order valence-corrected chi connectivity index (χ4v) is 5.61. The zero-order valence-electron chi connectivity index (χ0n) is 26.0. The Morgan fingerprint density at radius 1 is 0.587 bits per heavy atom. The van der Waals surface area contributed by atoms with E-state index in [2.05, 4.69) is 23.3 Å². The second-order valence-electron chi connectivity index (χ2n) is 11.1. The molecule has 0 bridgehead atoms. The number of aryl methyl sites for hydroxylation is 2. The highest BCUT2D eigenvalue weighted by atomic mass is 32.2. The third-order valence-corrected chi connectivity index (χ3v) is 8.76. The minimum absolute atomic E-state index is 0.201. The van der Waals surface area contributed by atoms with Crippen LogP contribution >= 0.6 is 0 Å². The molecule has 0 unspecified atom stereocenters. The lowest BCUT2D eigenvalue weighted by atomic mass is 10.0. The van der Waals surface area contributed by atoms with E-state index in [0.29, 0.717) is 32.7 Å². The first-order valence-corrected chi connectivity index (χ1v) is 16.9. The van der Waals surface area contributed by atoms with Crippen LogP contribution in [0.2, 0.25) is 0 Å². The van der Waals surface area contributed by atoms with Gasteiger partial charge in [0.15, 0.2) is 0 Å². The Bertz CT molecular complexity index is 1720. The predicted octanol–water partition coefficient (Wildman–Crippen LogP) is 8.50. The number of sulfone groups is 1. The first-order valence-electron chi connectivity index (χ1n) is 15.4. The van der Waals surface area contributed by atoms with Crippen molar-refractivity contribution in [1.29, 1.82) is 0 Å². The Kier molecular flexibility index (Phi) is 11.7. The van der Waals surface area contributed by atoms with Gasteiger partial charge in [0.2, 0.25) is 9.84 Å². The Labute approximate surface area is 272 Å². The van der Waals surface area contributed by atoms with Gasteiger partial charge in [0.1, 0.15) is 24.7 Å². The van der Waals surface area contributed by atoms with Gasteiger partial charge >= 0.3 is 0 Å². The molecule has 0 saturated carbocycles. The maximum absolute atomic E-state index is 12.8. The Balaban J connectivity index is 1.19. The van der Waals surface area contributed by atoms with Crippen LogP contribution in [0, 0.1) is 18.1 Å². The lowest BCUT2D eigenvalue weighted by Gasteiger charge is -2.16. The highest BCUT2D eigenvalue weighted by molar-refractivity contribution is 7.96. The van der Waals surface area contributed by atoms with E-state index in [0.717, 1.165) is 45.7 Å². The van der Waals surface area contributed by atoms with Gasteiger partial charge in [-0.05, 0) is 78.4 Å². The maximum atomic E-state index is 12.8. The SMILES string of the molecule is Cc1ccc(S(=O)(=O)C#CC[C@H](CCc2ccc(OCc3ccccc3)cc2)OCc2ccc(OCc3ccccc3)cc2)cc1. The first kappa shape index (κ1) is 32.6. The molecule has 0 radical (unpaired) electrons. The number of hydrogen-bond donors (Lipinski definition) is 0. The second kappa shape index (κ2) is 16.5. The van der Waals surface area contributed by atoms with Crippen molar-refractivity contribution in [2.45, 2.75) is 57.0 Å². The van der Waals surface area contributed by atoms with Crippen molar-refractivity contribution in [3.8, 4) is 22.7 Å². The zero-order chi connectivity index (χ0) is 32.0. The number of benzene rings is 5. The van der Waals surface area contributed by atoms with Gasteiger partial charge in [0.25, 0.3) is 0 Å². The zero-order valence-corrected chi connectivity index (χ0v) is 26.8. The molecule has 0 heterocycles. The van der Waals surface area contributed by atoms with Crippen LogP contribution < -0.4 is 9.47 Å². The molecule has 46 heavy (non-hydrogen) atoms. The minimum Gasteiger partial charge on any atom is -0.489 e. The van der Waals surface area contributed by atoms with E-state index >= 15 is 0 Å². The molecule has 0 aliphatic carbocycles. The third kappa shape index (κ3) is 10.4. The van der Waals surface area contributed by atoms with Crippen molar-refractivity contribution in [2.75, 3.05) is 0 Å².